The van der Waals surface area contributed by atoms with Crippen molar-refractivity contribution in [1.82, 2.24) is 15.1 Å². The fraction of sp³-hybridized carbons (Fsp3) is 0.632. The Bertz CT molecular complexity index is 507. The molecule has 1 aromatic carbocycles. The molecule has 2 N–H and O–H groups in total. The molecule has 0 bridgehead atoms. The van der Waals surface area contributed by atoms with Gasteiger partial charge in [0.25, 0.3) is 0 Å². The number of likely N-dealkylation sites (tertiary alicyclic amines) is 1. The van der Waals surface area contributed by atoms with E-state index in [2.05, 4.69) is 29.3 Å². The van der Waals surface area contributed by atoms with Gasteiger partial charge in [0.15, 0.2) is 0 Å². The Morgan fingerprint density at radius 3 is 2.71 bits per heavy atom. The van der Waals surface area contributed by atoms with Crippen LogP contribution < -0.4 is 5.32 Å². The first-order valence-electron chi connectivity index (χ1n) is 8.91. The molecule has 2 rings (SSSR count). The molecule has 1 fully saturated rings. The minimum absolute atomic E-state index is 0.0797. The van der Waals surface area contributed by atoms with Crippen molar-refractivity contribution in [2.45, 2.75) is 50.9 Å². The molecular weight excluding hydrogens is 302 g/mol. The molecule has 1 amide bonds. The third-order valence-electron chi connectivity index (χ3n) is 4.73. The van der Waals surface area contributed by atoms with E-state index in [1.165, 1.54) is 5.56 Å². The smallest absolute Gasteiger partial charge is 0.237 e. The van der Waals surface area contributed by atoms with Crippen LogP contribution in [0.4, 0.5) is 0 Å². The van der Waals surface area contributed by atoms with Crippen molar-refractivity contribution in [3.05, 3.63) is 35.9 Å². The van der Waals surface area contributed by atoms with Gasteiger partial charge in [0.2, 0.25) is 5.91 Å². The maximum Gasteiger partial charge on any atom is 0.237 e. The zero-order valence-electron chi connectivity index (χ0n) is 15.1. The van der Waals surface area contributed by atoms with Crippen molar-refractivity contribution >= 4 is 5.91 Å². The zero-order chi connectivity index (χ0) is 17.5. The van der Waals surface area contributed by atoms with Gasteiger partial charge in [-0.3, -0.25) is 14.6 Å². The molecule has 134 valence electrons. The summed E-state index contributed by atoms with van der Waals surface area (Å²) < 4.78 is 0. The number of nitrogens with one attached hydrogen (secondary N) is 1. The number of carbonyl (C=O) groups is 1. The highest BCUT2D eigenvalue weighted by Crippen LogP contribution is 2.20. The molecule has 1 aliphatic heterocycles. The summed E-state index contributed by atoms with van der Waals surface area (Å²) in [6.45, 7) is 4.17. The lowest BCUT2D eigenvalue weighted by Crippen LogP contribution is -2.47. The number of rotatable bonds is 8. The van der Waals surface area contributed by atoms with Crippen molar-refractivity contribution in [2.24, 2.45) is 0 Å². The fourth-order valence-electron chi connectivity index (χ4n) is 3.41. The lowest BCUT2D eigenvalue weighted by Gasteiger charge is -2.27. The topological polar surface area (TPSA) is 55.8 Å². The van der Waals surface area contributed by atoms with Crippen LogP contribution in [0.25, 0.3) is 0 Å². The fourth-order valence-corrected chi connectivity index (χ4v) is 3.41. The molecule has 5 nitrogen and oxygen atoms in total. The van der Waals surface area contributed by atoms with Crippen LogP contribution in [0.3, 0.4) is 0 Å². The molecule has 1 aliphatic rings. The van der Waals surface area contributed by atoms with Crippen LogP contribution in [0.15, 0.2) is 30.3 Å². The summed E-state index contributed by atoms with van der Waals surface area (Å²) in [6, 6.07) is 10.4. The maximum absolute atomic E-state index is 12.4. The molecular formula is C19H31N3O2. The van der Waals surface area contributed by atoms with Crippen LogP contribution in [0.1, 0.15) is 31.7 Å². The van der Waals surface area contributed by atoms with E-state index >= 15 is 0 Å². The lowest BCUT2D eigenvalue weighted by molar-refractivity contribution is -0.126. The van der Waals surface area contributed by atoms with E-state index in [0.29, 0.717) is 19.5 Å². The summed E-state index contributed by atoms with van der Waals surface area (Å²) in [5.74, 6) is 0.0860. The molecule has 1 saturated heterocycles. The Labute approximate surface area is 145 Å². The van der Waals surface area contributed by atoms with E-state index in [1.807, 2.05) is 37.2 Å². The van der Waals surface area contributed by atoms with Crippen LogP contribution in [0, 0.1) is 0 Å². The molecule has 5 heteroatoms. The summed E-state index contributed by atoms with van der Waals surface area (Å²) in [6.07, 6.45) is 2.25. The molecule has 0 saturated carbocycles. The van der Waals surface area contributed by atoms with Crippen molar-refractivity contribution in [3.63, 3.8) is 0 Å². The molecule has 1 aromatic rings. The zero-order valence-corrected chi connectivity index (χ0v) is 15.1. The summed E-state index contributed by atoms with van der Waals surface area (Å²) in [5.41, 5.74) is 1.24. The highest BCUT2D eigenvalue weighted by molar-refractivity contribution is 5.81. The van der Waals surface area contributed by atoms with Crippen LogP contribution >= 0.6 is 0 Å². The van der Waals surface area contributed by atoms with Gasteiger partial charge in [0, 0.05) is 25.7 Å². The van der Waals surface area contributed by atoms with Gasteiger partial charge in [-0.05, 0) is 32.5 Å². The standard InChI is InChI=1S/C19H31N3O2/c1-4-8-18(21(2)3)19(24)20-12-16-11-17(23)14-22(16)13-15-9-6-5-7-10-15/h5-7,9-10,16-18,23H,4,8,11-14H2,1-3H3,(H,20,24). The minimum atomic E-state index is -0.309. The SMILES string of the molecule is CCCC(C(=O)NCC1CC(O)CN1Cc1ccccc1)N(C)C. The maximum atomic E-state index is 12.4. The summed E-state index contributed by atoms with van der Waals surface area (Å²) in [5, 5.41) is 13.1. The molecule has 0 aromatic heterocycles. The second-order valence-electron chi connectivity index (χ2n) is 6.97. The number of hydrogen-bond donors (Lipinski definition) is 2. The number of aliphatic hydroxyl groups is 1. The average Bonchev–Trinajstić information content (AvgIpc) is 2.90. The Hall–Kier alpha value is -1.43. The first-order chi connectivity index (χ1) is 11.5. The Morgan fingerprint density at radius 1 is 1.38 bits per heavy atom. The van der Waals surface area contributed by atoms with Crippen LogP contribution in [0.5, 0.6) is 0 Å². The van der Waals surface area contributed by atoms with Crippen molar-refractivity contribution in [2.75, 3.05) is 27.2 Å². The van der Waals surface area contributed by atoms with Gasteiger partial charge in [-0.1, -0.05) is 43.7 Å². The molecule has 0 radical (unpaired) electrons. The van der Waals surface area contributed by atoms with Crippen molar-refractivity contribution < 1.29 is 9.90 Å². The van der Waals surface area contributed by atoms with Crippen LogP contribution in [0.2, 0.25) is 0 Å². The van der Waals surface area contributed by atoms with E-state index < -0.39 is 0 Å². The molecule has 24 heavy (non-hydrogen) atoms. The molecule has 0 aliphatic carbocycles. The molecule has 0 spiro atoms. The second kappa shape index (κ2) is 9.16. The first kappa shape index (κ1) is 18.9. The van der Waals surface area contributed by atoms with Gasteiger partial charge in [-0.15, -0.1) is 0 Å². The number of hydrogen-bond acceptors (Lipinski definition) is 4. The van der Waals surface area contributed by atoms with E-state index in [0.717, 1.165) is 19.4 Å². The minimum Gasteiger partial charge on any atom is -0.392 e. The number of aliphatic hydroxyl groups excluding tert-OH is 1. The van der Waals surface area contributed by atoms with Gasteiger partial charge in [-0.2, -0.15) is 0 Å². The third-order valence-corrected chi connectivity index (χ3v) is 4.73. The first-order valence-corrected chi connectivity index (χ1v) is 8.91. The number of amides is 1. The van der Waals surface area contributed by atoms with E-state index in [9.17, 15) is 9.90 Å². The third kappa shape index (κ3) is 5.30. The Morgan fingerprint density at radius 2 is 2.08 bits per heavy atom. The predicted molar refractivity (Wildman–Crippen MR) is 96.7 cm³/mol. The van der Waals surface area contributed by atoms with E-state index in [1.54, 1.807) is 0 Å². The monoisotopic (exact) mass is 333 g/mol. The largest absolute Gasteiger partial charge is 0.392 e. The molecule has 1 heterocycles. The number of likely N-dealkylation sites (N-methyl/N-ethyl adjacent to an activating group) is 1. The van der Waals surface area contributed by atoms with Gasteiger partial charge in [-0.25, -0.2) is 0 Å². The summed E-state index contributed by atoms with van der Waals surface area (Å²) >= 11 is 0. The lowest BCUT2D eigenvalue weighted by atomic mass is 10.1. The second-order valence-corrected chi connectivity index (χ2v) is 6.97. The Balaban J connectivity index is 1.90. The number of benzene rings is 1. The van der Waals surface area contributed by atoms with Gasteiger partial charge in [0.05, 0.1) is 12.1 Å². The van der Waals surface area contributed by atoms with Gasteiger partial charge in [0.1, 0.15) is 0 Å². The number of carbonyl (C=O) groups excluding carboxylic acids is 1. The molecule has 3 atom stereocenters. The van der Waals surface area contributed by atoms with Gasteiger partial charge >= 0.3 is 0 Å². The summed E-state index contributed by atoms with van der Waals surface area (Å²) in [4.78, 5) is 16.7. The highest BCUT2D eigenvalue weighted by Gasteiger charge is 2.31. The molecule has 3 unspecified atom stereocenters. The number of β-amino-alcohol motifs (C(OH)–C–C–N with tert-alkyl or cyclic N) is 1. The van der Waals surface area contributed by atoms with Crippen LogP contribution in [-0.4, -0.2) is 66.2 Å². The highest BCUT2D eigenvalue weighted by atomic mass is 16.3. The van der Waals surface area contributed by atoms with E-state index in [-0.39, 0.29) is 24.1 Å². The summed E-state index contributed by atoms with van der Waals surface area (Å²) in [7, 11) is 3.89. The van der Waals surface area contributed by atoms with Crippen LogP contribution in [-0.2, 0) is 11.3 Å². The average molecular weight is 333 g/mol. The van der Waals surface area contributed by atoms with Crippen molar-refractivity contribution in [3.8, 4) is 0 Å². The normalized spacial score (nSPS) is 22.7. The van der Waals surface area contributed by atoms with Crippen molar-refractivity contribution in [1.29, 1.82) is 0 Å². The van der Waals surface area contributed by atoms with E-state index in [4.69, 9.17) is 0 Å². The Kier molecular flexibility index (Phi) is 7.21. The quantitative estimate of drug-likeness (QED) is 0.756. The van der Waals surface area contributed by atoms with Gasteiger partial charge < -0.3 is 10.4 Å². The predicted octanol–water partition coefficient (Wildman–Crippen LogP) is 1.47. The number of nitrogens with zero attached hydrogens (tertiary/aromatic N) is 2.